The van der Waals surface area contributed by atoms with E-state index in [4.69, 9.17) is 21.3 Å². The van der Waals surface area contributed by atoms with Crippen LogP contribution in [-0.4, -0.2) is 45.5 Å². The molecule has 2 aliphatic heterocycles. The van der Waals surface area contributed by atoms with Crippen LogP contribution in [0.25, 0.3) is 10.9 Å². The van der Waals surface area contributed by atoms with Gasteiger partial charge in [0.05, 0.1) is 22.9 Å². The third kappa shape index (κ3) is 4.12. The minimum Gasteiger partial charge on any atom is -0.381 e. The largest absolute Gasteiger partial charge is 0.381 e. The first-order chi connectivity index (χ1) is 12.2. The molecule has 0 radical (unpaired) electrons. The highest BCUT2D eigenvalue weighted by Gasteiger charge is 2.21. The normalized spacial score (nSPS) is 21.7. The van der Waals surface area contributed by atoms with Crippen LogP contribution in [0.1, 0.15) is 25.0 Å². The van der Waals surface area contributed by atoms with Gasteiger partial charge in [0.15, 0.2) is 0 Å². The number of ether oxygens (including phenoxy) is 1. The molecule has 0 bridgehead atoms. The number of anilines is 1. The number of aromatic amines is 1. The summed E-state index contributed by atoms with van der Waals surface area (Å²) in [5, 5.41) is 6.68. The van der Waals surface area contributed by atoms with Gasteiger partial charge in [-0.2, -0.15) is 0 Å². The first kappa shape index (κ1) is 17.9. The number of aliphatic imine (C=N–C) groups is 1. The van der Waals surface area contributed by atoms with E-state index in [0.29, 0.717) is 12.1 Å². The molecule has 25 heavy (non-hydrogen) atoms. The summed E-state index contributed by atoms with van der Waals surface area (Å²) in [5.74, 6) is 1.08. The number of thioether (sulfide) groups is 1. The summed E-state index contributed by atoms with van der Waals surface area (Å²) in [6, 6.07) is 7.10. The van der Waals surface area contributed by atoms with Gasteiger partial charge in [0.25, 0.3) is 0 Å². The molecule has 0 spiro atoms. The lowest BCUT2D eigenvalue weighted by Crippen LogP contribution is -2.27. The monoisotopic (exact) mass is 489 g/mol. The van der Waals surface area contributed by atoms with Gasteiger partial charge in [-0.1, -0.05) is 34.2 Å². The molecule has 1 saturated heterocycles. The number of hydrogen-bond acceptors (Lipinski definition) is 4. The Labute approximate surface area is 170 Å². The van der Waals surface area contributed by atoms with E-state index >= 15 is 0 Å². The van der Waals surface area contributed by atoms with Gasteiger partial charge in [-0.15, -0.1) is 11.8 Å². The molecule has 1 aromatic carbocycles. The second-order valence-electron chi connectivity index (χ2n) is 6.51. The van der Waals surface area contributed by atoms with Gasteiger partial charge in [0.2, 0.25) is 0 Å². The zero-order valence-electron chi connectivity index (χ0n) is 13.9. The Morgan fingerprint density at radius 2 is 2.16 bits per heavy atom. The maximum atomic E-state index is 6.36. The van der Waals surface area contributed by atoms with E-state index in [1.54, 1.807) is 0 Å². The van der Waals surface area contributed by atoms with Crippen LogP contribution in [0.2, 0.25) is 5.02 Å². The highest BCUT2D eigenvalue weighted by molar-refractivity contribution is 14.1. The second-order valence-corrected chi connectivity index (χ2v) is 9.03. The summed E-state index contributed by atoms with van der Waals surface area (Å²) in [7, 11) is 0. The molecule has 2 N–H and O–H groups in total. The molecule has 7 heteroatoms. The predicted molar refractivity (Wildman–Crippen MR) is 117 cm³/mol. The van der Waals surface area contributed by atoms with Crippen molar-refractivity contribution in [1.29, 1.82) is 0 Å². The van der Waals surface area contributed by atoms with Crippen LogP contribution in [0.4, 0.5) is 5.69 Å². The molecular weight excluding hydrogens is 469 g/mol. The molecular formula is C18H21ClIN3OS. The van der Waals surface area contributed by atoms with Crippen LogP contribution < -0.4 is 5.32 Å². The van der Waals surface area contributed by atoms with E-state index in [1.165, 1.54) is 0 Å². The van der Waals surface area contributed by atoms with Crippen molar-refractivity contribution in [3.63, 3.8) is 0 Å². The Balaban J connectivity index is 1.63. The van der Waals surface area contributed by atoms with Crippen LogP contribution in [0, 0.1) is 0 Å². The van der Waals surface area contributed by atoms with Crippen LogP contribution >= 0.6 is 46.0 Å². The van der Waals surface area contributed by atoms with Crippen molar-refractivity contribution in [2.75, 3.05) is 28.7 Å². The van der Waals surface area contributed by atoms with E-state index in [-0.39, 0.29) is 0 Å². The predicted octanol–water partition coefficient (Wildman–Crippen LogP) is 5.10. The van der Waals surface area contributed by atoms with Crippen molar-refractivity contribution in [1.82, 2.24) is 4.98 Å². The highest BCUT2D eigenvalue weighted by atomic mass is 127. The van der Waals surface area contributed by atoms with Crippen LogP contribution in [0.15, 0.2) is 23.2 Å². The van der Waals surface area contributed by atoms with Gasteiger partial charge in [-0.25, -0.2) is 0 Å². The first-order valence-electron chi connectivity index (χ1n) is 8.66. The molecule has 1 fully saturated rings. The Morgan fingerprint density at radius 3 is 2.96 bits per heavy atom. The van der Waals surface area contributed by atoms with E-state index in [9.17, 15) is 0 Å². The SMILES string of the molecule is Clc1cc(NC2CCOCC2)c2[nH]c(C3=NC(CCI)CS3)cc2c1. The van der Waals surface area contributed by atoms with E-state index < -0.39 is 0 Å². The third-order valence-electron chi connectivity index (χ3n) is 4.66. The lowest BCUT2D eigenvalue weighted by atomic mass is 10.1. The average molecular weight is 490 g/mol. The molecule has 0 aliphatic carbocycles. The number of aromatic nitrogens is 1. The zero-order valence-corrected chi connectivity index (χ0v) is 17.6. The molecule has 2 aliphatic rings. The first-order valence-corrected chi connectivity index (χ1v) is 11.6. The van der Waals surface area contributed by atoms with E-state index in [1.807, 2.05) is 23.9 Å². The minimum atomic E-state index is 0.438. The van der Waals surface area contributed by atoms with Gasteiger partial charge in [-0.3, -0.25) is 4.99 Å². The molecule has 134 valence electrons. The number of nitrogens with zero attached hydrogens (tertiary/aromatic N) is 1. The molecule has 3 heterocycles. The number of alkyl halides is 1. The molecule has 0 saturated carbocycles. The van der Waals surface area contributed by atoms with Crippen molar-refractivity contribution in [3.05, 3.63) is 28.9 Å². The number of rotatable bonds is 5. The Morgan fingerprint density at radius 1 is 1.32 bits per heavy atom. The highest BCUT2D eigenvalue weighted by Crippen LogP contribution is 2.33. The maximum Gasteiger partial charge on any atom is 0.114 e. The fourth-order valence-electron chi connectivity index (χ4n) is 3.34. The van der Waals surface area contributed by atoms with Crippen LogP contribution in [0.5, 0.6) is 0 Å². The van der Waals surface area contributed by atoms with Gasteiger partial charge in [0, 0.05) is 39.8 Å². The smallest absolute Gasteiger partial charge is 0.114 e. The summed E-state index contributed by atoms with van der Waals surface area (Å²) < 4.78 is 6.61. The zero-order chi connectivity index (χ0) is 17.2. The average Bonchev–Trinajstić information content (AvgIpc) is 3.23. The van der Waals surface area contributed by atoms with Gasteiger partial charge >= 0.3 is 0 Å². The Bertz CT molecular complexity index is 788. The molecule has 0 amide bonds. The van der Waals surface area contributed by atoms with Crippen LogP contribution in [0.3, 0.4) is 0 Å². The fourth-order valence-corrected chi connectivity index (χ4v) is 5.36. The lowest BCUT2D eigenvalue weighted by molar-refractivity contribution is 0.0905. The summed E-state index contributed by atoms with van der Waals surface area (Å²) in [5.41, 5.74) is 3.30. The molecule has 4 nitrogen and oxygen atoms in total. The Kier molecular flexibility index (Phi) is 5.79. The number of H-pyrrole nitrogens is 1. The molecule has 1 atom stereocenters. The van der Waals surface area contributed by atoms with Crippen molar-refractivity contribution >= 4 is 67.6 Å². The minimum absolute atomic E-state index is 0.438. The third-order valence-corrected chi connectivity index (χ3v) is 6.65. The lowest BCUT2D eigenvalue weighted by Gasteiger charge is -2.24. The topological polar surface area (TPSA) is 49.4 Å². The number of fused-ring (bicyclic) bond motifs is 1. The standard InChI is InChI=1S/C18H21ClIN3OS/c19-12-7-11-8-16(18-22-14(1-4-20)10-25-18)23-17(11)15(9-12)21-13-2-5-24-6-3-13/h7-9,13-14,21,23H,1-6,10H2. The maximum absolute atomic E-state index is 6.36. The van der Waals surface area contributed by atoms with E-state index in [2.05, 4.69) is 39.0 Å². The number of hydrogen-bond donors (Lipinski definition) is 2. The summed E-state index contributed by atoms with van der Waals surface area (Å²) in [4.78, 5) is 8.46. The summed E-state index contributed by atoms with van der Waals surface area (Å²) >= 11 is 10.6. The summed E-state index contributed by atoms with van der Waals surface area (Å²) in [6.45, 7) is 1.64. The number of halogens is 2. The number of benzene rings is 1. The molecule has 1 aromatic heterocycles. The summed E-state index contributed by atoms with van der Waals surface area (Å²) in [6.07, 6.45) is 3.21. The second kappa shape index (κ2) is 8.06. The van der Waals surface area contributed by atoms with Crippen LogP contribution in [-0.2, 0) is 4.74 Å². The van der Waals surface area contributed by atoms with Crippen molar-refractivity contribution in [3.8, 4) is 0 Å². The molecule has 4 rings (SSSR count). The van der Waals surface area contributed by atoms with E-state index in [0.717, 1.165) is 75.0 Å². The van der Waals surface area contributed by atoms with Crippen molar-refractivity contribution in [2.45, 2.75) is 31.3 Å². The fraction of sp³-hybridized carbons (Fsp3) is 0.500. The molecule has 1 unspecified atom stereocenters. The van der Waals surface area contributed by atoms with Gasteiger partial charge in [0.1, 0.15) is 5.04 Å². The quantitative estimate of drug-likeness (QED) is 0.454. The van der Waals surface area contributed by atoms with Gasteiger partial charge < -0.3 is 15.0 Å². The Hall–Kier alpha value is -0.440. The van der Waals surface area contributed by atoms with Crippen molar-refractivity contribution in [2.24, 2.45) is 4.99 Å². The van der Waals surface area contributed by atoms with Crippen molar-refractivity contribution < 1.29 is 4.74 Å². The van der Waals surface area contributed by atoms with Gasteiger partial charge in [-0.05, 0) is 37.5 Å². The number of nitrogens with one attached hydrogen (secondary N) is 2. The molecule has 2 aromatic rings.